The van der Waals surface area contributed by atoms with Crippen LogP contribution >= 0.6 is 0 Å². The Labute approximate surface area is 168 Å². The molecule has 1 aliphatic rings. The van der Waals surface area contributed by atoms with Crippen molar-refractivity contribution in [2.75, 3.05) is 20.3 Å². The van der Waals surface area contributed by atoms with E-state index in [-0.39, 0.29) is 29.4 Å². The second-order valence-electron chi connectivity index (χ2n) is 6.66. The Morgan fingerprint density at radius 3 is 2.69 bits per heavy atom. The van der Waals surface area contributed by atoms with Gasteiger partial charge in [-0.15, -0.1) is 0 Å². The van der Waals surface area contributed by atoms with Crippen LogP contribution in [0.25, 0.3) is 6.08 Å². The van der Waals surface area contributed by atoms with E-state index in [1.54, 1.807) is 31.2 Å². The summed E-state index contributed by atoms with van der Waals surface area (Å²) in [5, 5.41) is 12.6. The molecule has 0 aromatic heterocycles. The minimum atomic E-state index is -0.520. The van der Waals surface area contributed by atoms with Gasteiger partial charge in [-0.1, -0.05) is 13.0 Å². The summed E-state index contributed by atoms with van der Waals surface area (Å²) in [4.78, 5) is 24.3. The van der Waals surface area contributed by atoms with Gasteiger partial charge in [0.2, 0.25) is 0 Å². The summed E-state index contributed by atoms with van der Waals surface area (Å²) in [5.41, 5.74) is 1.24. The molecule has 1 atom stereocenters. The van der Waals surface area contributed by atoms with Gasteiger partial charge in [0, 0.05) is 23.6 Å². The predicted molar refractivity (Wildman–Crippen MR) is 106 cm³/mol. The number of likely N-dealkylation sites (N-methyl/N-ethyl adjacent to an activating group) is 1. The Kier molecular flexibility index (Phi) is 5.87. The first-order chi connectivity index (χ1) is 13.9. The van der Waals surface area contributed by atoms with Crippen LogP contribution in [-0.2, 0) is 4.79 Å². The van der Waals surface area contributed by atoms with Gasteiger partial charge in [0.1, 0.15) is 11.6 Å². The van der Waals surface area contributed by atoms with Crippen molar-refractivity contribution < 1.29 is 28.6 Å². The van der Waals surface area contributed by atoms with Crippen LogP contribution < -0.4 is 14.8 Å². The molecule has 0 radical (unpaired) electrons. The fourth-order valence-corrected chi connectivity index (χ4v) is 3.40. The van der Waals surface area contributed by atoms with Crippen molar-refractivity contribution in [2.24, 2.45) is 0 Å². The number of methoxy groups -OCH3 is 1. The van der Waals surface area contributed by atoms with Crippen molar-refractivity contribution in [3.8, 4) is 17.2 Å². The minimum absolute atomic E-state index is 0.0117. The highest BCUT2D eigenvalue weighted by Crippen LogP contribution is 2.43. The second kappa shape index (κ2) is 8.34. The Balaban J connectivity index is 1.89. The van der Waals surface area contributed by atoms with E-state index in [1.165, 1.54) is 13.2 Å². The number of carbonyl (C=O) groups is 2. The monoisotopic (exact) mass is 399 g/mol. The molecular formula is C22H22FNO5. The quantitative estimate of drug-likeness (QED) is 0.727. The molecule has 1 aliphatic carbocycles. The van der Waals surface area contributed by atoms with Crippen molar-refractivity contribution in [2.45, 2.75) is 19.8 Å². The molecule has 0 heterocycles. The smallest absolute Gasteiger partial charge is 0.257 e. The molecule has 0 bridgehead atoms. The molecule has 2 aromatic carbocycles. The lowest BCUT2D eigenvalue weighted by molar-refractivity contribution is -0.123. The lowest BCUT2D eigenvalue weighted by atomic mass is 9.97. The average Bonchev–Trinajstić information content (AvgIpc) is 2.95. The largest absolute Gasteiger partial charge is 0.507 e. The van der Waals surface area contributed by atoms with Crippen molar-refractivity contribution in [1.29, 1.82) is 0 Å². The topological polar surface area (TPSA) is 84.9 Å². The second-order valence-corrected chi connectivity index (χ2v) is 6.66. The van der Waals surface area contributed by atoms with Gasteiger partial charge in [0.05, 0.1) is 12.7 Å². The van der Waals surface area contributed by atoms with E-state index < -0.39 is 17.5 Å². The van der Waals surface area contributed by atoms with Gasteiger partial charge in [-0.25, -0.2) is 4.39 Å². The summed E-state index contributed by atoms with van der Waals surface area (Å²) in [7, 11) is 1.47. The van der Waals surface area contributed by atoms with Crippen molar-refractivity contribution >= 4 is 17.8 Å². The highest BCUT2D eigenvalue weighted by atomic mass is 19.1. The van der Waals surface area contributed by atoms with Gasteiger partial charge in [-0.3, -0.25) is 9.59 Å². The normalized spacial score (nSPS) is 16.6. The van der Waals surface area contributed by atoms with E-state index >= 15 is 0 Å². The van der Waals surface area contributed by atoms with Crippen molar-refractivity contribution in [3.63, 3.8) is 0 Å². The van der Waals surface area contributed by atoms with Crippen LogP contribution in [0.4, 0.5) is 4.39 Å². The van der Waals surface area contributed by atoms with Crippen LogP contribution in [0.5, 0.6) is 17.2 Å². The molecule has 0 fully saturated rings. The number of aromatic hydroxyl groups is 1. The number of phenols is 1. The highest BCUT2D eigenvalue weighted by Gasteiger charge is 2.36. The number of halogens is 1. The average molecular weight is 399 g/mol. The van der Waals surface area contributed by atoms with Crippen LogP contribution in [0.2, 0.25) is 0 Å². The number of hydrogen-bond donors (Lipinski definition) is 2. The fraction of sp³-hybridized carbons (Fsp3) is 0.273. The molecule has 1 amide bonds. The van der Waals surface area contributed by atoms with Crippen molar-refractivity contribution in [1.82, 2.24) is 5.32 Å². The number of carbonyl (C=O) groups excluding carboxylic acids is 2. The standard InChI is InChI=1S/C22H22FNO5/c1-4-24-19(26)11-29-17-8-5-13(10-18(17)28-3)9-14-12(2)20-15(23)6-7-16(25)21(20)22(14)27/h5-10,12,25H,4,11H2,1-3H3,(H,24,26)/b14-9-. The molecule has 0 spiro atoms. The first-order valence-corrected chi connectivity index (χ1v) is 9.22. The molecular weight excluding hydrogens is 377 g/mol. The van der Waals surface area contributed by atoms with E-state index in [9.17, 15) is 19.1 Å². The van der Waals surface area contributed by atoms with Gasteiger partial charge in [-0.05, 0) is 42.8 Å². The van der Waals surface area contributed by atoms with E-state index in [4.69, 9.17) is 9.47 Å². The summed E-state index contributed by atoms with van der Waals surface area (Å²) in [5.74, 6) is -1.11. The number of fused-ring (bicyclic) bond motifs is 1. The molecule has 1 unspecified atom stereocenters. The van der Waals surface area contributed by atoms with Crippen LogP contribution in [0.3, 0.4) is 0 Å². The van der Waals surface area contributed by atoms with Crippen LogP contribution in [0.15, 0.2) is 35.9 Å². The highest BCUT2D eigenvalue weighted by molar-refractivity contribution is 6.18. The third kappa shape index (κ3) is 3.94. The summed E-state index contributed by atoms with van der Waals surface area (Å²) in [6.45, 7) is 3.90. The van der Waals surface area contributed by atoms with Gasteiger partial charge < -0.3 is 19.9 Å². The van der Waals surface area contributed by atoms with Gasteiger partial charge in [0.25, 0.3) is 5.91 Å². The molecule has 0 saturated carbocycles. The number of rotatable bonds is 6. The lowest BCUT2D eigenvalue weighted by Crippen LogP contribution is -2.28. The number of allylic oxidation sites excluding steroid dienone is 1. The first-order valence-electron chi connectivity index (χ1n) is 9.22. The number of nitrogens with one attached hydrogen (secondary N) is 1. The fourth-order valence-electron chi connectivity index (χ4n) is 3.40. The lowest BCUT2D eigenvalue weighted by Gasteiger charge is -2.12. The number of ether oxygens (including phenoxy) is 2. The Bertz CT molecular complexity index is 999. The number of amides is 1. The van der Waals surface area contributed by atoms with Crippen LogP contribution in [-0.4, -0.2) is 37.1 Å². The maximum Gasteiger partial charge on any atom is 0.257 e. The van der Waals surface area contributed by atoms with E-state index in [2.05, 4.69) is 5.32 Å². The Morgan fingerprint density at radius 2 is 2.03 bits per heavy atom. The SMILES string of the molecule is CCNC(=O)COc1ccc(/C=C2\C(=O)c3c(O)ccc(F)c3C2C)cc1OC. The zero-order chi connectivity index (χ0) is 21.1. The molecule has 152 valence electrons. The Hall–Kier alpha value is -3.35. The van der Waals surface area contributed by atoms with Gasteiger partial charge >= 0.3 is 0 Å². The summed E-state index contributed by atoms with van der Waals surface area (Å²) in [6.07, 6.45) is 1.64. The predicted octanol–water partition coefficient (Wildman–Crippen LogP) is 3.44. The number of phenolic OH excluding ortho intramolecular Hbond substituents is 1. The number of benzene rings is 2. The van der Waals surface area contributed by atoms with Gasteiger partial charge in [0.15, 0.2) is 23.9 Å². The zero-order valence-corrected chi connectivity index (χ0v) is 16.4. The van der Waals surface area contributed by atoms with Crippen LogP contribution in [0.1, 0.15) is 41.3 Å². The summed E-state index contributed by atoms with van der Waals surface area (Å²) >= 11 is 0. The zero-order valence-electron chi connectivity index (χ0n) is 16.4. The maximum absolute atomic E-state index is 14.2. The molecule has 29 heavy (non-hydrogen) atoms. The molecule has 0 saturated heterocycles. The number of hydrogen-bond acceptors (Lipinski definition) is 5. The van der Waals surface area contributed by atoms with Crippen LogP contribution in [0, 0.1) is 5.82 Å². The summed E-state index contributed by atoms with van der Waals surface area (Å²) < 4.78 is 25.0. The Morgan fingerprint density at radius 1 is 1.28 bits per heavy atom. The molecule has 2 N–H and O–H groups in total. The molecule has 6 nitrogen and oxygen atoms in total. The summed E-state index contributed by atoms with van der Waals surface area (Å²) in [6, 6.07) is 7.36. The number of Topliss-reactive ketones (excluding diaryl/α,β-unsaturated/α-hetero) is 1. The van der Waals surface area contributed by atoms with E-state index in [0.29, 0.717) is 29.2 Å². The molecule has 7 heteroatoms. The molecule has 3 rings (SSSR count). The third-order valence-corrected chi connectivity index (χ3v) is 4.80. The van der Waals surface area contributed by atoms with Crippen molar-refractivity contribution in [3.05, 3.63) is 58.4 Å². The molecule has 2 aromatic rings. The minimum Gasteiger partial charge on any atom is -0.507 e. The first kappa shape index (κ1) is 20.4. The number of ketones is 1. The van der Waals surface area contributed by atoms with E-state index in [1.807, 2.05) is 6.92 Å². The third-order valence-electron chi connectivity index (χ3n) is 4.80. The van der Waals surface area contributed by atoms with Gasteiger partial charge in [-0.2, -0.15) is 0 Å². The van der Waals surface area contributed by atoms with E-state index in [0.717, 1.165) is 6.07 Å². The molecule has 0 aliphatic heterocycles. The maximum atomic E-state index is 14.2.